The smallest absolute Gasteiger partial charge is 0.333 e. The average molecular weight is 460 g/mol. The Morgan fingerprint density at radius 2 is 1.85 bits per heavy atom. The molecule has 0 fully saturated rings. The summed E-state index contributed by atoms with van der Waals surface area (Å²) in [6.45, 7) is 5.66. The van der Waals surface area contributed by atoms with E-state index in [1.807, 2.05) is 26.0 Å². The van der Waals surface area contributed by atoms with Crippen LogP contribution in [0.2, 0.25) is 0 Å². The quantitative estimate of drug-likeness (QED) is 0.457. The van der Waals surface area contributed by atoms with Crippen molar-refractivity contribution in [3.05, 3.63) is 70.8 Å². The molecule has 3 rings (SSSR count). The summed E-state index contributed by atoms with van der Waals surface area (Å²) < 4.78 is 32.6. The van der Waals surface area contributed by atoms with Gasteiger partial charge in [0.1, 0.15) is 11.6 Å². The van der Waals surface area contributed by atoms with E-state index in [-0.39, 0.29) is 23.5 Å². The van der Waals surface area contributed by atoms with Crippen LogP contribution < -0.4 is 5.32 Å². The van der Waals surface area contributed by atoms with Crippen LogP contribution >= 0.6 is 0 Å². The van der Waals surface area contributed by atoms with Gasteiger partial charge in [-0.25, -0.2) is 13.6 Å². The molecule has 0 amide bonds. The Bertz CT molecular complexity index is 931. The first kappa shape index (κ1) is 25.3. The normalized spacial score (nSPS) is 21.1. The summed E-state index contributed by atoms with van der Waals surface area (Å²) in [7, 11) is 1.45. The molecule has 3 atom stereocenters. The van der Waals surface area contributed by atoms with Crippen LogP contribution in [-0.2, 0) is 27.8 Å². The number of aryl methyl sites for hydroxylation is 2. The number of hydrogen-bond donors (Lipinski definition) is 2. The minimum atomic E-state index is -1.01. The summed E-state index contributed by atoms with van der Waals surface area (Å²) in [6, 6.07) is 11.3. The molecule has 0 aliphatic heterocycles. The number of halogens is 2. The summed E-state index contributed by atoms with van der Waals surface area (Å²) in [5, 5.41) is 13.6. The average Bonchev–Trinajstić information content (AvgIpc) is 2.78. The van der Waals surface area contributed by atoms with Gasteiger partial charge >= 0.3 is 5.97 Å². The van der Waals surface area contributed by atoms with E-state index in [0.29, 0.717) is 0 Å². The first-order valence-corrected chi connectivity index (χ1v) is 11.8. The maximum Gasteiger partial charge on any atom is 0.333 e. The topological polar surface area (TPSA) is 58.6 Å². The molecule has 2 aromatic rings. The number of carbonyl (C=O) groups is 1. The zero-order valence-corrected chi connectivity index (χ0v) is 19.7. The summed E-state index contributed by atoms with van der Waals surface area (Å²) in [4.78, 5) is 12.3. The third-order valence-corrected chi connectivity index (χ3v) is 7.22. The lowest BCUT2D eigenvalue weighted by molar-refractivity contribution is -0.158. The summed E-state index contributed by atoms with van der Waals surface area (Å²) >= 11 is 0. The Labute approximate surface area is 195 Å². The zero-order valence-electron chi connectivity index (χ0n) is 19.7. The number of fused-ring (bicyclic) bond motifs is 1. The molecule has 2 aromatic carbocycles. The van der Waals surface area contributed by atoms with Crippen LogP contribution in [0.1, 0.15) is 49.8 Å². The van der Waals surface area contributed by atoms with Gasteiger partial charge in [-0.2, -0.15) is 0 Å². The Morgan fingerprint density at radius 3 is 2.48 bits per heavy atom. The fraction of sp³-hybridized carbons (Fsp3) is 0.519. The molecular weight excluding hydrogens is 424 g/mol. The molecule has 2 N–H and O–H groups in total. The van der Waals surface area contributed by atoms with E-state index in [9.17, 15) is 18.7 Å². The van der Waals surface area contributed by atoms with Crippen molar-refractivity contribution >= 4 is 5.97 Å². The van der Waals surface area contributed by atoms with Crippen molar-refractivity contribution in [1.29, 1.82) is 0 Å². The van der Waals surface area contributed by atoms with Crippen LogP contribution in [-0.4, -0.2) is 37.4 Å². The fourth-order valence-electron chi connectivity index (χ4n) is 5.77. The number of benzene rings is 2. The Hall–Kier alpha value is -2.31. The van der Waals surface area contributed by atoms with E-state index in [2.05, 4.69) is 5.32 Å². The van der Waals surface area contributed by atoms with Crippen molar-refractivity contribution < 1.29 is 23.4 Å². The highest BCUT2D eigenvalue weighted by molar-refractivity contribution is 5.75. The molecule has 0 saturated carbocycles. The lowest BCUT2D eigenvalue weighted by Crippen LogP contribution is -2.56. The standard InChI is InChI=1S/C27H35F2NO3/c1-18(2)27(25(33-3)26(31)32)21(9-8-20-17-23(29)12-13-24(20)27)14-16-30-15-4-5-19-6-10-22(28)11-7-19/h6-7,10-13,17-18,21,25,30H,4-5,8-9,14-16H2,1-3H3,(H,31,32). The molecule has 33 heavy (non-hydrogen) atoms. The predicted molar refractivity (Wildman–Crippen MR) is 125 cm³/mol. The van der Waals surface area contributed by atoms with E-state index in [1.165, 1.54) is 25.3 Å². The highest BCUT2D eigenvalue weighted by atomic mass is 19.1. The summed E-state index contributed by atoms with van der Waals surface area (Å²) in [5.41, 5.74) is 2.16. The lowest BCUT2D eigenvalue weighted by Gasteiger charge is -2.51. The van der Waals surface area contributed by atoms with Crippen molar-refractivity contribution in [2.75, 3.05) is 20.2 Å². The van der Waals surface area contributed by atoms with Crippen molar-refractivity contribution in [3.63, 3.8) is 0 Å². The summed E-state index contributed by atoms with van der Waals surface area (Å²) in [5.74, 6) is -1.43. The molecule has 1 aliphatic rings. The highest BCUT2D eigenvalue weighted by Crippen LogP contribution is 2.51. The second-order valence-corrected chi connectivity index (χ2v) is 9.35. The van der Waals surface area contributed by atoms with Gasteiger partial charge in [-0.05, 0) is 98.0 Å². The molecule has 6 heteroatoms. The second-order valence-electron chi connectivity index (χ2n) is 9.35. The van der Waals surface area contributed by atoms with E-state index in [1.54, 1.807) is 12.1 Å². The van der Waals surface area contributed by atoms with E-state index in [0.717, 1.165) is 61.9 Å². The zero-order chi connectivity index (χ0) is 24.0. The number of ether oxygens (including phenoxy) is 1. The van der Waals surface area contributed by atoms with Gasteiger partial charge in [-0.15, -0.1) is 0 Å². The first-order chi connectivity index (χ1) is 15.8. The molecule has 0 radical (unpaired) electrons. The van der Waals surface area contributed by atoms with Crippen molar-refractivity contribution in [1.82, 2.24) is 5.32 Å². The van der Waals surface area contributed by atoms with Crippen molar-refractivity contribution in [2.45, 2.75) is 57.5 Å². The third kappa shape index (κ3) is 5.44. The van der Waals surface area contributed by atoms with E-state index < -0.39 is 17.5 Å². The van der Waals surface area contributed by atoms with Gasteiger partial charge in [0.25, 0.3) is 0 Å². The predicted octanol–water partition coefficient (Wildman–Crippen LogP) is 5.13. The van der Waals surface area contributed by atoms with Crippen LogP contribution in [0, 0.1) is 23.5 Å². The molecule has 3 unspecified atom stereocenters. The van der Waals surface area contributed by atoms with E-state index in [4.69, 9.17) is 4.74 Å². The number of hydrogen-bond acceptors (Lipinski definition) is 3. The minimum absolute atomic E-state index is 0.00784. The molecule has 0 saturated heterocycles. The number of methoxy groups -OCH3 is 1. The SMILES string of the molecule is COC(C(=O)O)C1(C(C)C)c2ccc(F)cc2CCC1CCNCCCc1ccc(F)cc1. The maximum absolute atomic E-state index is 14.0. The van der Waals surface area contributed by atoms with Crippen LogP contribution in [0.3, 0.4) is 0 Å². The number of rotatable bonds is 11. The molecule has 0 heterocycles. The Morgan fingerprint density at radius 1 is 1.15 bits per heavy atom. The fourth-order valence-corrected chi connectivity index (χ4v) is 5.77. The maximum atomic E-state index is 14.0. The second kappa shape index (κ2) is 11.2. The van der Waals surface area contributed by atoms with Gasteiger partial charge < -0.3 is 15.2 Å². The molecule has 0 spiro atoms. The van der Waals surface area contributed by atoms with Crippen molar-refractivity contribution in [3.8, 4) is 0 Å². The molecule has 4 nitrogen and oxygen atoms in total. The molecule has 180 valence electrons. The third-order valence-electron chi connectivity index (χ3n) is 7.22. The molecule has 1 aliphatic carbocycles. The lowest BCUT2D eigenvalue weighted by atomic mass is 9.54. The van der Waals surface area contributed by atoms with Gasteiger partial charge in [0.05, 0.1) is 0 Å². The number of nitrogens with one attached hydrogen (secondary N) is 1. The van der Waals surface area contributed by atoms with E-state index >= 15 is 0 Å². The first-order valence-electron chi connectivity index (χ1n) is 11.8. The highest BCUT2D eigenvalue weighted by Gasteiger charge is 2.54. The summed E-state index contributed by atoms with van der Waals surface area (Å²) in [6.07, 6.45) is 3.12. The number of aliphatic carboxylic acids is 1. The minimum Gasteiger partial charge on any atom is -0.479 e. The van der Waals surface area contributed by atoms with Crippen LogP contribution in [0.4, 0.5) is 8.78 Å². The largest absolute Gasteiger partial charge is 0.479 e. The van der Waals surface area contributed by atoms with Crippen LogP contribution in [0.5, 0.6) is 0 Å². The molecular formula is C27H35F2NO3. The van der Waals surface area contributed by atoms with Crippen molar-refractivity contribution in [2.24, 2.45) is 11.8 Å². The van der Waals surface area contributed by atoms with Gasteiger partial charge in [-0.1, -0.05) is 32.0 Å². The molecule has 0 aromatic heterocycles. The Kier molecular flexibility index (Phi) is 8.60. The van der Waals surface area contributed by atoms with Crippen LogP contribution in [0.25, 0.3) is 0 Å². The number of carboxylic acid groups (broad SMARTS) is 1. The van der Waals surface area contributed by atoms with Gasteiger partial charge in [0.2, 0.25) is 0 Å². The molecule has 0 bridgehead atoms. The van der Waals surface area contributed by atoms with Gasteiger partial charge in [-0.3, -0.25) is 0 Å². The van der Waals surface area contributed by atoms with Gasteiger partial charge in [0.15, 0.2) is 6.10 Å². The van der Waals surface area contributed by atoms with Crippen LogP contribution in [0.15, 0.2) is 42.5 Å². The van der Waals surface area contributed by atoms with Gasteiger partial charge in [0, 0.05) is 12.5 Å². The monoisotopic (exact) mass is 459 g/mol. The number of carboxylic acids is 1. The Balaban J connectivity index is 1.72.